The summed E-state index contributed by atoms with van der Waals surface area (Å²) in [6.45, 7) is 0.533. The van der Waals surface area contributed by atoms with Crippen molar-refractivity contribution in [2.45, 2.75) is 44.2 Å². The van der Waals surface area contributed by atoms with Gasteiger partial charge in [-0.25, -0.2) is 4.79 Å². The predicted molar refractivity (Wildman–Crippen MR) is 79.1 cm³/mol. The molecule has 1 saturated heterocycles. The summed E-state index contributed by atoms with van der Waals surface area (Å²) < 4.78 is 5.25. The molecule has 1 aromatic rings. The molecule has 0 bridgehead atoms. The van der Waals surface area contributed by atoms with E-state index in [9.17, 15) is 4.79 Å². The van der Waals surface area contributed by atoms with Crippen LogP contribution in [0.2, 0.25) is 0 Å². The monoisotopic (exact) mass is 293 g/mol. The Morgan fingerprint density at radius 2 is 2.10 bits per heavy atom. The van der Waals surface area contributed by atoms with Gasteiger partial charge in [0.15, 0.2) is 0 Å². The fourth-order valence-corrected chi connectivity index (χ4v) is 3.55. The Labute approximate surface area is 124 Å². The molecule has 0 radical (unpaired) electrons. The number of alkyl halides is 1. The summed E-state index contributed by atoms with van der Waals surface area (Å²) in [5.41, 5.74) is 2.67. The Hall–Kier alpha value is -1.22. The van der Waals surface area contributed by atoms with Gasteiger partial charge in [-0.2, -0.15) is 0 Å². The summed E-state index contributed by atoms with van der Waals surface area (Å²) >= 11 is 5.73. The van der Waals surface area contributed by atoms with E-state index in [2.05, 4.69) is 24.3 Å². The van der Waals surface area contributed by atoms with Gasteiger partial charge in [-0.15, -0.1) is 11.6 Å². The molecule has 2 aliphatic rings. The lowest BCUT2D eigenvalue weighted by molar-refractivity contribution is 0.137. The third-order valence-electron chi connectivity index (χ3n) is 4.32. The van der Waals surface area contributed by atoms with Crippen molar-refractivity contribution in [3.63, 3.8) is 0 Å². The van der Waals surface area contributed by atoms with Gasteiger partial charge in [0.1, 0.15) is 6.61 Å². The molecule has 0 N–H and O–H groups in total. The molecule has 0 spiro atoms. The number of rotatable bonds is 5. The predicted octanol–water partition coefficient (Wildman–Crippen LogP) is 3.90. The average Bonchev–Trinajstić information content (AvgIpc) is 2.84. The number of carbonyl (C=O) groups excluding carboxylic acids is 1. The fraction of sp³-hybridized carbons (Fsp3) is 0.562. The molecule has 3 nitrogen and oxygen atoms in total. The summed E-state index contributed by atoms with van der Waals surface area (Å²) in [6.07, 6.45) is 5.04. The molecular weight excluding hydrogens is 274 g/mol. The number of benzene rings is 1. The second kappa shape index (κ2) is 6.04. The first-order valence-electron chi connectivity index (χ1n) is 7.40. The summed E-state index contributed by atoms with van der Waals surface area (Å²) in [4.78, 5) is 14.0. The quantitative estimate of drug-likeness (QED) is 0.608. The van der Waals surface area contributed by atoms with Gasteiger partial charge in [0.05, 0.1) is 12.1 Å². The van der Waals surface area contributed by atoms with E-state index in [1.165, 1.54) is 11.1 Å². The topological polar surface area (TPSA) is 29.5 Å². The number of carbonyl (C=O) groups is 1. The van der Waals surface area contributed by atoms with E-state index >= 15 is 0 Å². The number of cyclic esters (lactones) is 1. The van der Waals surface area contributed by atoms with Crippen molar-refractivity contribution in [1.29, 1.82) is 0 Å². The van der Waals surface area contributed by atoms with E-state index in [0.717, 1.165) is 38.0 Å². The van der Waals surface area contributed by atoms with Gasteiger partial charge in [-0.05, 0) is 30.4 Å². The molecule has 0 saturated carbocycles. The molecule has 108 valence electrons. The van der Waals surface area contributed by atoms with Crippen molar-refractivity contribution in [1.82, 2.24) is 4.90 Å². The van der Waals surface area contributed by atoms with Gasteiger partial charge >= 0.3 is 6.09 Å². The van der Waals surface area contributed by atoms with Gasteiger partial charge in [0, 0.05) is 5.88 Å². The number of ether oxygens (including phenoxy) is 1. The maximum Gasteiger partial charge on any atom is 0.410 e. The fourth-order valence-electron chi connectivity index (χ4n) is 3.36. The molecule has 2 atom stereocenters. The van der Waals surface area contributed by atoms with Crippen LogP contribution in [-0.4, -0.2) is 29.5 Å². The van der Waals surface area contributed by atoms with E-state index < -0.39 is 0 Å². The SMILES string of the molecule is O=C1OC[C@@H]2Cc3ccccc3[C@@H](CCCCCCl)N12. The highest BCUT2D eigenvalue weighted by Gasteiger charge is 2.42. The first kappa shape index (κ1) is 13.7. The third-order valence-corrected chi connectivity index (χ3v) is 4.59. The lowest BCUT2D eigenvalue weighted by atomic mass is 9.86. The maximum absolute atomic E-state index is 12.0. The minimum Gasteiger partial charge on any atom is -0.447 e. The van der Waals surface area contributed by atoms with Gasteiger partial charge in [-0.1, -0.05) is 37.1 Å². The molecule has 4 heteroatoms. The largest absolute Gasteiger partial charge is 0.447 e. The lowest BCUT2D eigenvalue weighted by Crippen LogP contribution is -2.42. The molecule has 0 aromatic heterocycles. The molecule has 1 aromatic carbocycles. The minimum atomic E-state index is -0.146. The zero-order valence-electron chi connectivity index (χ0n) is 11.6. The van der Waals surface area contributed by atoms with Crippen LogP contribution < -0.4 is 0 Å². The van der Waals surface area contributed by atoms with Gasteiger partial charge in [-0.3, -0.25) is 4.90 Å². The third kappa shape index (κ3) is 2.51. The van der Waals surface area contributed by atoms with Crippen LogP contribution in [0.1, 0.15) is 42.9 Å². The Morgan fingerprint density at radius 1 is 1.25 bits per heavy atom. The highest BCUT2D eigenvalue weighted by molar-refractivity contribution is 6.17. The van der Waals surface area contributed by atoms with Crippen molar-refractivity contribution < 1.29 is 9.53 Å². The van der Waals surface area contributed by atoms with Crippen molar-refractivity contribution >= 4 is 17.7 Å². The van der Waals surface area contributed by atoms with Crippen molar-refractivity contribution in [3.05, 3.63) is 35.4 Å². The molecule has 3 rings (SSSR count). The Morgan fingerprint density at radius 3 is 2.95 bits per heavy atom. The van der Waals surface area contributed by atoms with Gasteiger partial charge in [0.25, 0.3) is 0 Å². The van der Waals surface area contributed by atoms with E-state index in [1.807, 2.05) is 4.90 Å². The molecule has 0 aliphatic carbocycles. The first-order chi connectivity index (χ1) is 9.81. The van der Waals surface area contributed by atoms with Crippen LogP contribution >= 0.6 is 11.6 Å². The van der Waals surface area contributed by atoms with Crippen molar-refractivity contribution in [2.24, 2.45) is 0 Å². The number of hydrogen-bond donors (Lipinski definition) is 0. The molecule has 1 fully saturated rings. The average molecular weight is 294 g/mol. The first-order valence-corrected chi connectivity index (χ1v) is 7.93. The Bertz CT molecular complexity index is 491. The highest BCUT2D eigenvalue weighted by Crippen LogP contribution is 2.39. The van der Waals surface area contributed by atoms with Crippen LogP contribution in [0.4, 0.5) is 4.79 Å². The normalized spacial score (nSPS) is 24.2. The molecule has 2 aliphatic heterocycles. The van der Waals surface area contributed by atoms with Crippen molar-refractivity contribution in [3.8, 4) is 0 Å². The summed E-state index contributed by atoms with van der Waals surface area (Å²) in [6, 6.07) is 8.87. The molecule has 20 heavy (non-hydrogen) atoms. The van der Waals surface area contributed by atoms with Crippen LogP contribution in [0.5, 0.6) is 0 Å². The van der Waals surface area contributed by atoms with Crippen LogP contribution in [-0.2, 0) is 11.2 Å². The minimum absolute atomic E-state index is 0.146. The molecule has 0 unspecified atom stereocenters. The number of unbranched alkanes of at least 4 members (excludes halogenated alkanes) is 2. The number of halogens is 1. The van der Waals surface area contributed by atoms with Gasteiger partial charge in [0.2, 0.25) is 0 Å². The Balaban J connectivity index is 1.81. The van der Waals surface area contributed by atoms with E-state index in [1.54, 1.807) is 0 Å². The number of amides is 1. The van der Waals surface area contributed by atoms with Gasteiger partial charge < -0.3 is 4.74 Å². The summed E-state index contributed by atoms with van der Waals surface area (Å²) in [5, 5.41) is 0. The molecular formula is C16H20ClNO2. The molecule has 2 heterocycles. The van der Waals surface area contributed by atoms with E-state index in [4.69, 9.17) is 16.3 Å². The van der Waals surface area contributed by atoms with E-state index in [-0.39, 0.29) is 18.2 Å². The maximum atomic E-state index is 12.0. The number of nitrogens with zero attached hydrogens (tertiary/aromatic N) is 1. The number of fused-ring (bicyclic) bond motifs is 2. The van der Waals surface area contributed by atoms with Crippen LogP contribution in [0.3, 0.4) is 0 Å². The summed E-state index contributed by atoms with van der Waals surface area (Å²) in [7, 11) is 0. The molecule has 1 amide bonds. The van der Waals surface area contributed by atoms with Crippen LogP contribution in [0, 0.1) is 0 Å². The highest BCUT2D eigenvalue weighted by atomic mass is 35.5. The lowest BCUT2D eigenvalue weighted by Gasteiger charge is -2.37. The standard InChI is InChI=1S/C16H20ClNO2/c17-9-5-1-2-8-15-14-7-4-3-6-12(14)10-13-11-20-16(19)18(13)15/h3-4,6-7,13,15H,1-2,5,8-11H2/t13-,15+/m0/s1. The van der Waals surface area contributed by atoms with Crippen LogP contribution in [0.25, 0.3) is 0 Å². The zero-order valence-corrected chi connectivity index (χ0v) is 12.3. The number of hydrogen-bond acceptors (Lipinski definition) is 2. The smallest absolute Gasteiger partial charge is 0.410 e. The Kier molecular flexibility index (Phi) is 4.16. The second-order valence-corrected chi connectivity index (χ2v) is 5.97. The van der Waals surface area contributed by atoms with E-state index in [0.29, 0.717) is 6.61 Å². The van der Waals surface area contributed by atoms with Crippen LogP contribution in [0.15, 0.2) is 24.3 Å². The van der Waals surface area contributed by atoms with Crippen molar-refractivity contribution in [2.75, 3.05) is 12.5 Å². The second-order valence-electron chi connectivity index (χ2n) is 5.60. The zero-order chi connectivity index (χ0) is 13.9. The summed E-state index contributed by atoms with van der Waals surface area (Å²) in [5.74, 6) is 0.718.